The van der Waals surface area contributed by atoms with E-state index in [1.807, 2.05) is 0 Å². The summed E-state index contributed by atoms with van der Waals surface area (Å²) >= 11 is 5.83. The van der Waals surface area contributed by atoms with Crippen LogP contribution in [0.3, 0.4) is 0 Å². The first-order chi connectivity index (χ1) is 9.24. The zero-order chi connectivity index (χ0) is 13.2. The predicted octanol–water partition coefficient (Wildman–Crippen LogP) is 2.26. The summed E-state index contributed by atoms with van der Waals surface area (Å²) in [6.07, 6.45) is 4.49. The van der Waals surface area contributed by atoms with Crippen LogP contribution in [0, 0.1) is 0 Å². The number of rotatable bonds is 2. The molecule has 0 saturated heterocycles. The van der Waals surface area contributed by atoms with Gasteiger partial charge in [-0.15, -0.1) is 0 Å². The second-order valence-electron chi connectivity index (χ2n) is 3.78. The van der Waals surface area contributed by atoms with Crippen molar-refractivity contribution in [1.29, 1.82) is 0 Å². The molecule has 1 aromatic carbocycles. The van der Waals surface area contributed by atoms with Gasteiger partial charge in [-0.25, -0.2) is 15.0 Å². The summed E-state index contributed by atoms with van der Waals surface area (Å²) in [6.45, 7) is 0. The number of benzene rings is 1. The van der Waals surface area contributed by atoms with Gasteiger partial charge in [0.15, 0.2) is 11.0 Å². The highest BCUT2D eigenvalue weighted by molar-refractivity contribution is 6.32. The third kappa shape index (κ3) is 2.25. The topological polar surface area (TPSA) is 83.6 Å². The molecule has 0 unspecified atom stereocenters. The molecule has 1 amide bonds. The number of carbonyl (C=O) groups excluding carboxylic acids is 1. The first-order valence-electron chi connectivity index (χ1n) is 5.45. The van der Waals surface area contributed by atoms with Crippen molar-refractivity contribution in [3.8, 4) is 0 Å². The minimum absolute atomic E-state index is 0.151. The molecule has 0 radical (unpaired) electrons. The molecule has 19 heavy (non-hydrogen) atoms. The van der Waals surface area contributed by atoms with Crippen LogP contribution in [-0.4, -0.2) is 25.8 Å². The van der Waals surface area contributed by atoms with Crippen molar-refractivity contribution in [2.24, 2.45) is 0 Å². The molecular weight excluding hydrogens is 266 g/mol. The van der Waals surface area contributed by atoms with Gasteiger partial charge in [0.2, 0.25) is 0 Å². The van der Waals surface area contributed by atoms with Gasteiger partial charge in [0.1, 0.15) is 0 Å². The maximum absolute atomic E-state index is 12.1. The van der Waals surface area contributed by atoms with Gasteiger partial charge in [-0.3, -0.25) is 4.79 Å². The molecule has 0 bridgehead atoms. The van der Waals surface area contributed by atoms with Gasteiger partial charge >= 0.3 is 0 Å². The maximum Gasteiger partial charge on any atom is 0.256 e. The molecule has 94 valence electrons. The lowest BCUT2D eigenvalue weighted by Crippen LogP contribution is -2.13. The van der Waals surface area contributed by atoms with Crippen LogP contribution in [0.4, 0.5) is 5.82 Å². The van der Waals surface area contributed by atoms with Crippen LogP contribution in [0.15, 0.2) is 36.9 Å². The van der Waals surface area contributed by atoms with Gasteiger partial charge in [0.25, 0.3) is 5.91 Å². The van der Waals surface area contributed by atoms with Gasteiger partial charge in [0.05, 0.1) is 17.4 Å². The molecule has 6 nitrogen and oxygen atoms in total. The summed E-state index contributed by atoms with van der Waals surface area (Å²) in [7, 11) is 0. The van der Waals surface area contributed by atoms with Crippen molar-refractivity contribution in [2.75, 3.05) is 5.32 Å². The molecule has 2 aromatic heterocycles. The van der Waals surface area contributed by atoms with Crippen LogP contribution >= 0.6 is 11.6 Å². The molecule has 2 N–H and O–H groups in total. The molecule has 3 rings (SSSR count). The Hall–Kier alpha value is -2.47. The van der Waals surface area contributed by atoms with E-state index < -0.39 is 0 Å². The van der Waals surface area contributed by atoms with Crippen molar-refractivity contribution < 1.29 is 4.79 Å². The van der Waals surface area contributed by atoms with Crippen molar-refractivity contribution in [3.63, 3.8) is 0 Å². The fourth-order valence-corrected chi connectivity index (χ4v) is 1.81. The largest absolute Gasteiger partial charge is 0.345 e. The van der Waals surface area contributed by atoms with Gasteiger partial charge in [-0.05, 0) is 18.2 Å². The third-order valence-electron chi connectivity index (χ3n) is 2.57. The highest BCUT2D eigenvalue weighted by Crippen LogP contribution is 2.17. The minimum atomic E-state index is -0.307. The van der Waals surface area contributed by atoms with Crippen LogP contribution in [0.25, 0.3) is 11.0 Å². The predicted molar refractivity (Wildman–Crippen MR) is 71.1 cm³/mol. The van der Waals surface area contributed by atoms with E-state index in [9.17, 15) is 4.79 Å². The van der Waals surface area contributed by atoms with Crippen LogP contribution in [0.2, 0.25) is 5.15 Å². The number of halogens is 1. The van der Waals surface area contributed by atoms with Crippen molar-refractivity contribution in [2.45, 2.75) is 0 Å². The van der Waals surface area contributed by atoms with E-state index in [0.717, 1.165) is 11.0 Å². The molecule has 2 heterocycles. The highest BCUT2D eigenvalue weighted by Gasteiger charge is 2.10. The monoisotopic (exact) mass is 273 g/mol. The Morgan fingerprint density at radius 1 is 1.21 bits per heavy atom. The normalized spacial score (nSPS) is 10.6. The van der Waals surface area contributed by atoms with E-state index >= 15 is 0 Å². The number of hydrogen-bond donors (Lipinski definition) is 2. The molecule has 7 heteroatoms. The number of aromatic amines is 1. The molecular formula is C12H8ClN5O. The lowest BCUT2D eigenvalue weighted by Gasteiger charge is -2.05. The van der Waals surface area contributed by atoms with E-state index in [1.54, 1.807) is 24.5 Å². The molecule has 0 fully saturated rings. The molecule has 0 aliphatic heterocycles. The molecule has 0 saturated carbocycles. The van der Waals surface area contributed by atoms with E-state index in [2.05, 4.69) is 25.3 Å². The quantitative estimate of drug-likeness (QED) is 0.750. The number of carbonyl (C=O) groups is 1. The number of aromatic nitrogens is 4. The fraction of sp³-hybridized carbons (Fsp3) is 0. The van der Waals surface area contributed by atoms with E-state index in [-0.39, 0.29) is 16.9 Å². The third-order valence-corrected chi connectivity index (χ3v) is 2.84. The molecule has 0 spiro atoms. The second kappa shape index (κ2) is 4.66. The van der Waals surface area contributed by atoms with Crippen molar-refractivity contribution >= 4 is 34.4 Å². The Labute approximate surface area is 112 Å². The minimum Gasteiger partial charge on any atom is -0.345 e. The summed E-state index contributed by atoms with van der Waals surface area (Å²) in [5.41, 5.74) is 2.07. The van der Waals surface area contributed by atoms with Crippen LogP contribution in [-0.2, 0) is 0 Å². The van der Waals surface area contributed by atoms with Crippen LogP contribution in [0.5, 0.6) is 0 Å². The average molecular weight is 274 g/mol. The van der Waals surface area contributed by atoms with Crippen LogP contribution < -0.4 is 5.32 Å². The lowest BCUT2D eigenvalue weighted by atomic mass is 10.2. The summed E-state index contributed by atoms with van der Waals surface area (Å²) in [6, 6.07) is 5.16. The number of anilines is 1. The number of H-pyrrole nitrogens is 1. The van der Waals surface area contributed by atoms with E-state index in [4.69, 9.17) is 11.6 Å². The van der Waals surface area contributed by atoms with E-state index in [1.165, 1.54) is 12.4 Å². The Bertz CT molecular complexity index is 754. The van der Waals surface area contributed by atoms with Gasteiger partial charge < -0.3 is 10.3 Å². The fourth-order valence-electron chi connectivity index (χ4n) is 1.66. The molecule has 0 atom stereocenters. The number of nitrogens with zero attached hydrogens (tertiary/aromatic N) is 3. The zero-order valence-electron chi connectivity index (χ0n) is 9.59. The summed E-state index contributed by atoms with van der Waals surface area (Å²) in [5.74, 6) is -0.0715. The Balaban J connectivity index is 1.89. The Morgan fingerprint density at radius 3 is 2.89 bits per heavy atom. The van der Waals surface area contributed by atoms with Crippen molar-refractivity contribution in [3.05, 3.63) is 47.6 Å². The lowest BCUT2D eigenvalue weighted by molar-refractivity contribution is 0.102. The van der Waals surface area contributed by atoms with Gasteiger partial charge in [-0.2, -0.15) is 0 Å². The molecule has 0 aliphatic rings. The summed E-state index contributed by atoms with van der Waals surface area (Å²) in [4.78, 5) is 26.9. The Morgan fingerprint density at radius 2 is 2.05 bits per heavy atom. The number of fused-ring (bicyclic) bond motifs is 1. The maximum atomic E-state index is 12.1. The first kappa shape index (κ1) is 11.6. The number of imidazole rings is 1. The van der Waals surface area contributed by atoms with Crippen LogP contribution in [0.1, 0.15) is 10.4 Å². The van der Waals surface area contributed by atoms with Gasteiger partial charge in [-0.1, -0.05) is 11.6 Å². The Kier molecular flexibility index (Phi) is 2.85. The number of amides is 1. The van der Waals surface area contributed by atoms with E-state index in [0.29, 0.717) is 5.56 Å². The average Bonchev–Trinajstić information content (AvgIpc) is 2.88. The SMILES string of the molecule is O=C(Nc1nccnc1Cl)c1ccc2nc[nH]c2c1. The zero-order valence-corrected chi connectivity index (χ0v) is 10.3. The summed E-state index contributed by atoms with van der Waals surface area (Å²) < 4.78 is 0. The second-order valence-corrected chi connectivity index (χ2v) is 4.14. The molecule has 0 aliphatic carbocycles. The highest BCUT2D eigenvalue weighted by atomic mass is 35.5. The molecule has 3 aromatic rings. The van der Waals surface area contributed by atoms with Gasteiger partial charge in [0, 0.05) is 18.0 Å². The standard InChI is InChI=1S/C12H8ClN5O/c13-10-11(15-4-3-14-10)18-12(19)7-1-2-8-9(5-7)17-6-16-8/h1-6H,(H,16,17)(H,15,18,19). The smallest absolute Gasteiger partial charge is 0.256 e. The van der Waals surface area contributed by atoms with Crippen molar-refractivity contribution in [1.82, 2.24) is 19.9 Å². The number of hydrogen-bond acceptors (Lipinski definition) is 4. The number of nitrogens with one attached hydrogen (secondary N) is 2. The summed E-state index contributed by atoms with van der Waals surface area (Å²) in [5, 5.41) is 2.76. The first-order valence-corrected chi connectivity index (χ1v) is 5.83.